The first-order valence-corrected chi connectivity index (χ1v) is 6.40. The molecular formula is C12H13BrF2N4. The van der Waals surface area contributed by atoms with Gasteiger partial charge < -0.3 is 0 Å². The molecule has 0 bridgehead atoms. The van der Waals surface area contributed by atoms with Gasteiger partial charge in [-0.15, -0.1) is 0 Å². The van der Waals surface area contributed by atoms with Gasteiger partial charge in [-0.3, -0.25) is 16.0 Å². The quantitative estimate of drug-likeness (QED) is 0.513. The fraction of sp³-hybridized carbons (Fsp3) is 0.250. The normalized spacial score (nSPS) is 12.7. The van der Waals surface area contributed by atoms with Crippen LogP contribution in [0.1, 0.15) is 17.3 Å². The molecular weight excluding hydrogens is 318 g/mol. The zero-order chi connectivity index (χ0) is 14.0. The van der Waals surface area contributed by atoms with Crippen molar-refractivity contribution in [2.75, 3.05) is 0 Å². The summed E-state index contributed by atoms with van der Waals surface area (Å²) in [5.41, 5.74) is 3.95. The van der Waals surface area contributed by atoms with Gasteiger partial charge in [-0.1, -0.05) is 6.07 Å². The topological polar surface area (TPSA) is 55.9 Å². The Kier molecular flexibility index (Phi) is 4.28. The number of nitrogens with one attached hydrogen (secondary N) is 1. The van der Waals surface area contributed by atoms with Crippen LogP contribution in [0.5, 0.6) is 0 Å². The van der Waals surface area contributed by atoms with Gasteiger partial charge in [0.2, 0.25) is 0 Å². The molecule has 4 nitrogen and oxygen atoms in total. The van der Waals surface area contributed by atoms with Gasteiger partial charge >= 0.3 is 0 Å². The molecule has 0 aliphatic rings. The van der Waals surface area contributed by atoms with Crippen LogP contribution in [0.4, 0.5) is 8.78 Å². The van der Waals surface area contributed by atoms with E-state index in [1.54, 1.807) is 4.68 Å². The summed E-state index contributed by atoms with van der Waals surface area (Å²) in [6, 6.07) is 4.06. The van der Waals surface area contributed by atoms with Gasteiger partial charge in [0.15, 0.2) is 11.6 Å². The van der Waals surface area contributed by atoms with Crippen LogP contribution in [0, 0.1) is 11.6 Å². The highest BCUT2D eigenvalue weighted by Gasteiger charge is 2.19. The van der Waals surface area contributed by atoms with E-state index in [1.807, 2.05) is 19.3 Å². The lowest BCUT2D eigenvalue weighted by Gasteiger charge is -2.17. The van der Waals surface area contributed by atoms with Gasteiger partial charge in [0, 0.05) is 19.7 Å². The molecule has 3 N–H and O–H groups in total. The first kappa shape index (κ1) is 14.1. The zero-order valence-electron chi connectivity index (χ0n) is 10.2. The second-order valence-corrected chi connectivity index (χ2v) is 4.96. The van der Waals surface area contributed by atoms with Crippen molar-refractivity contribution in [1.29, 1.82) is 0 Å². The number of halogens is 3. The fourth-order valence-electron chi connectivity index (χ4n) is 1.85. The molecule has 1 unspecified atom stereocenters. The minimum atomic E-state index is -0.918. The summed E-state index contributed by atoms with van der Waals surface area (Å²) in [7, 11) is 1.81. The Labute approximate surface area is 117 Å². The van der Waals surface area contributed by atoms with Crippen molar-refractivity contribution in [3.05, 3.63) is 51.8 Å². The van der Waals surface area contributed by atoms with Gasteiger partial charge in [0.25, 0.3) is 0 Å². The van der Waals surface area contributed by atoms with Crippen LogP contribution >= 0.6 is 15.9 Å². The predicted octanol–water partition coefficient (Wildman–Crippen LogP) is 2.21. The average molecular weight is 331 g/mol. The number of aromatic nitrogens is 2. The lowest BCUT2D eigenvalue weighted by molar-refractivity contribution is 0.489. The van der Waals surface area contributed by atoms with Crippen LogP contribution in [0.2, 0.25) is 0 Å². The maximum Gasteiger partial charge on any atom is 0.173 e. The predicted molar refractivity (Wildman–Crippen MR) is 71.0 cm³/mol. The lowest BCUT2D eigenvalue weighted by atomic mass is 10.0. The van der Waals surface area contributed by atoms with Crippen LogP contribution < -0.4 is 11.3 Å². The van der Waals surface area contributed by atoms with E-state index in [0.717, 1.165) is 11.8 Å². The molecule has 1 heterocycles. The van der Waals surface area contributed by atoms with E-state index < -0.39 is 11.6 Å². The highest BCUT2D eigenvalue weighted by Crippen LogP contribution is 2.29. The molecule has 0 saturated heterocycles. The number of aryl methyl sites for hydroxylation is 1. The second-order valence-electron chi connectivity index (χ2n) is 4.17. The van der Waals surface area contributed by atoms with Crippen LogP contribution in [0.25, 0.3) is 0 Å². The number of hydrogen-bond acceptors (Lipinski definition) is 3. The van der Waals surface area contributed by atoms with Crippen molar-refractivity contribution < 1.29 is 8.78 Å². The highest BCUT2D eigenvalue weighted by molar-refractivity contribution is 9.10. The van der Waals surface area contributed by atoms with Crippen molar-refractivity contribution in [2.24, 2.45) is 12.9 Å². The molecule has 0 amide bonds. The fourth-order valence-corrected chi connectivity index (χ4v) is 2.45. The number of benzene rings is 1. The molecule has 1 aromatic heterocycles. The molecule has 0 fully saturated rings. The van der Waals surface area contributed by atoms with E-state index in [1.165, 1.54) is 6.07 Å². The van der Waals surface area contributed by atoms with E-state index in [2.05, 4.69) is 26.5 Å². The highest BCUT2D eigenvalue weighted by atomic mass is 79.9. The SMILES string of the molecule is Cn1ccc(CC(NN)c2ccc(F)c(F)c2Br)n1. The molecule has 102 valence electrons. The third-order valence-electron chi connectivity index (χ3n) is 2.82. The molecule has 2 rings (SSSR count). The molecule has 1 aromatic carbocycles. The van der Waals surface area contributed by atoms with Crippen molar-refractivity contribution in [2.45, 2.75) is 12.5 Å². The van der Waals surface area contributed by atoms with E-state index in [-0.39, 0.29) is 10.5 Å². The standard InChI is InChI=1S/C12H13BrF2N4/c1-19-5-4-7(18-19)6-10(17-16)8-2-3-9(14)12(15)11(8)13/h2-5,10,17H,6,16H2,1H3. The molecule has 0 radical (unpaired) electrons. The molecule has 7 heteroatoms. The van der Waals surface area contributed by atoms with Crippen molar-refractivity contribution >= 4 is 15.9 Å². The first-order chi connectivity index (χ1) is 9.02. The molecule has 0 spiro atoms. The summed E-state index contributed by atoms with van der Waals surface area (Å²) in [5.74, 6) is 3.68. The maximum atomic E-state index is 13.5. The first-order valence-electron chi connectivity index (χ1n) is 5.61. The molecule has 2 aromatic rings. The molecule has 0 aliphatic heterocycles. The number of nitrogens with zero attached hydrogens (tertiary/aromatic N) is 2. The minimum Gasteiger partial charge on any atom is -0.276 e. The largest absolute Gasteiger partial charge is 0.276 e. The Hall–Kier alpha value is -1.31. The smallest absolute Gasteiger partial charge is 0.173 e. The van der Waals surface area contributed by atoms with Crippen molar-refractivity contribution in [1.82, 2.24) is 15.2 Å². The number of hydrazine groups is 1. The number of hydrogen-bond donors (Lipinski definition) is 2. The average Bonchev–Trinajstić information content (AvgIpc) is 2.80. The van der Waals surface area contributed by atoms with Gasteiger partial charge in [-0.25, -0.2) is 8.78 Å². The van der Waals surface area contributed by atoms with Crippen LogP contribution in [-0.2, 0) is 13.5 Å². The molecule has 19 heavy (non-hydrogen) atoms. The summed E-state index contributed by atoms with van der Waals surface area (Å²) in [6.45, 7) is 0. The Morgan fingerprint density at radius 3 is 2.74 bits per heavy atom. The second kappa shape index (κ2) is 5.77. The van der Waals surface area contributed by atoms with E-state index in [9.17, 15) is 8.78 Å². The van der Waals surface area contributed by atoms with Gasteiger partial charge in [-0.05, 0) is 33.6 Å². The maximum absolute atomic E-state index is 13.5. The van der Waals surface area contributed by atoms with Crippen LogP contribution in [-0.4, -0.2) is 9.78 Å². The Balaban J connectivity index is 2.29. The Morgan fingerprint density at radius 1 is 1.42 bits per heavy atom. The van der Waals surface area contributed by atoms with Gasteiger partial charge in [0.1, 0.15) is 0 Å². The number of rotatable bonds is 4. The molecule has 0 aliphatic carbocycles. The van der Waals surface area contributed by atoms with Crippen molar-refractivity contribution in [3.8, 4) is 0 Å². The Bertz CT molecular complexity index is 585. The molecule has 1 atom stereocenters. The van der Waals surface area contributed by atoms with Gasteiger partial charge in [-0.2, -0.15) is 5.10 Å². The lowest BCUT2D eigenvalue weighted by Crippen LogP contribution is -2.30. The summed E-state index contributed by atoms with van der Waals surface area (Å²) in [5, 5.41) is 4.23. The van der Waals surface area contributed by atoms with E-state index in [0.29, 0.717) is 12.0 Å². The monoisotopic (exact) mass is 330 g/mol. The Morgan fingerprint density at radius 2 is 2.16 bits per heavy atom. The summed E-state index contributed by atoms with van der Waals surface area (Å²) < 4.78 is 28.4. The van der Waals surface area contributed by atoms with Crippen LogP contribution in [0.15, 0.2) is 28.9 Å². The molecule has 0 saturated carbocycles. The zero-order valence-corrected chi connectivity index (χ0v) is 11.8. The van der Waals surface area contributed by atoms with Gasteiger partial charge in [0.05, 0.1) is 16.2 Å². The third-order valence-corrected chi connectivity index (χ3v) is 3.63. The van der Waals surface area contributed by atoms with E-state index in [4.69, 9.17) is 5.84 Å². The number of nitrogens with two attached hydrogens (primary N) is 1. The van der Waals surface area contributed by atoms with E-state index >= 15 is 0 Å². The third kappa shape index (κ3) is 2.99. The van der Waals surface area contributed by atoms with Crippen molar-refractivity contribution in [3.63, 3.8) is 0 Å². The summed E-state index contributed by atoms with van der Waals surface area (Å²) in [4.78, 5) is 0. The summed E-state index contributed by atoms with van der Waals surface area (Å²) >= 11 is 3.05. The van der Waals surface area contributed by atoms with Crippen LogP contribution in [0.3, 0.4) is 0 Å². The minimum absolute atomic E-state index is 0.0754. The summed E-state index contributed by atoms with van der Waals surface area (Å²) in [6.07, 6.45) is 2.28.